The third-order valence-corrected chi connectivity index (χ3v) is 7.50. The molecule has 0 radical (unpaired) electrons. The maximum absolute atomic E-state index is 12.8. The monoisotopic (exact) mass is 496 g/mol. The summed E-state index contributed by atoms with van der Waals surface area (Å²) >= 11 is 6.15. The van der Waals surface area contributed by atoms with Crippen molar-refractivity contribution in [2.24, 2.45) is 0 Å². The van der Waals surface area contributed by atoms with Crippen LogP contribution >= 0.6 is 11.6 Å². The largest absolute Gasteiger partial charge is 0.324 e. The number of H-pyrrole nitrogens is 1. The van der Waals surface area contributed by atoms with Crippen molar-refractivity contribution >= 4 is 56.4 Å². The molecule has 174 valence electrons. The van der Waals surface area contributed by atoms with Crippen molar-refractivity contribution in [2.45, 2.75) is 4.90 Å². The van der Waals surface area contributed by atoms with Crippen LogP contribution in [0.15, 0.2) is 53.7 Å². The summed E-state index contributed by atoms with van der Waals surface area (Å²) in [5.74, 6) is 0.400. The lowest BCUT2D eigenvalue weighted by Gasteiger charge is -2.26. The minimum Gasteiger partial charge on any atom is -0.324 e. The molecule has 0 spiro atoms. The van der Waals surface area contributed by atoms with Gasteiger partial charge in [0.25, 0.3) is 0 Å². The highest BCUT2D eigenvalue weighted by Gasteiger charge is 2.25. The Morgan fingerprint density at radius 1 is 1.00 bits per heavy atom. The standard InChI is InChI=1S/C22H21ClN8O2S/c23-17-11-16(21-20(12-17)28-30-29-21)2-1-15-13-25-22(26-14-15)27-18-3-5-19(6-4-18)34(32,33)31-9-7-24-8-10-31/h1-6,11-14,24H,7-10H2,(H,25,26,27)(H,28,29,30)/b2-1+. The minimum absolute atomic E-state index is 0.267. The lowest BCUT2D eigenvalue weighted by atomic mass is 10.1. The molecule has 1 saturated heterocycles. The van der Waals surface area contributed by atoms with E-state index in [1.165, 1.54) is 4.31 Å². The third-order valence-electron chi connectivity index (χ3n) is 5.37. The van der Waals surface area contributed by atoms with Gasteiger partial charge in [0.1, 0.15) is 11.0 Å². The quantitative estimate of drug-likeness (QED) is 0.371. The fourth-order valence-corrected chi connectivity index (χ4v) is 5.28. The zero-order chi connectivity index (χ0) is 23.5. The van der Waals surface area contributed by atoms with E-state index in [0.29, 0.717) is 48.4 Å². The summed E-state index contributed by atoms with van der Waals surface area (Å²) in [7, 11) is -3.49. The first-order valence-electron chi connectivity index (χ1n) is 10.6. The van der Waals surface area contributed by atoms with E-state index in [9.17, 15) is 8.42 Å². The van der Waals surface area contributed by atoms with Crippen molar-refractivity contribution in [1.29, 1.82) is 0 Å². The average Bonchev–Trinajstić information content (AvgIpc) is 3.33. The second kappa shape index (κ2) is 9.47. The summed E-state index contributed by atoms with van der Waals surface area (Å²) < 4.78 is 27.0. The molecule has 5 rings (SSSR count). The van der Waals surface area contributed by atoms with Crippen LogP contribution in [0.5, 0.6) is 0 Å². The van der Waals surface area contributed by atoms with Crippen molar-refractivity contribution in [1.82, 2.24) is 35.0 Å². The number of nitrogens with zero attached hydrogens (tertiary/aromatic N) is 5. The molecule has 34 heavy (non-hydrogen) atoms. The highest BCUT2D eigenvalue weighted by Crippen LogP contribution is 2.23. The topological polar surface area (TPSA) is 129 Å². The van der Waals surface area contributed by atoms with Crippen molar-refractivity contribution in [3.8, 4) is 0 Å². The zero-order valence-electron chi connectivity index (χ0n) is 17.9. The van der Waals surface area contributed by atoms with Crippen LogP contribution in [0.2, 0.25) is 5.02 Å². The van der Waals surface area contributed by atoms with Crippen LogP contribution in [0, 0.1) is 0 Å². The van der Waals surface area contributed by atoms with E-state index in [-0.39, 0.29) is 4.90 Å². The molecular formula is C22H21ClN8O2S. The van der Waals surface area contributed by atoms with Gasteiger partial charge in [-0.05, 0) is 36.4 Å². The predicted molar refractivity (Wildman–Crippen MR) is 131 cm³/mol. The van der Waals surface area contributed by atoms with Gasteiger partial charge in [0.15, 0.2) is 0 Å². The van der Waals surface area contributed by atoms with Gasteiger partial charge in [0.05, 0.1) is 4.90 Å². The first-order valence-corrected chi connectivity index (χ1v) is 12.4. The number of aromatic amines is 1. The number of anilines is 2. The second-order valence-corrected chi connectivity index (χ2v) is 10.0. The Kier molecular flexibility index (Phi) is 6.24. The summed E-state index contributed by atoms with van der Waals surface area (Å²) in [4.78, 5) is 8.93. The third kappa shape index (κ3) is 4.77. The van der Waals surface area contributed by atoms with E-state index in [1.54, 1.807) is 42.7 Å². The molecule has 0 aliphatic carbocycles. The van der Waals surface area contributed by atoms with E-state index < -0.39 is 10.0 Å². The summed E-state index contributed by atoms with van der Waals surface area (Å²) in [5.41, 5.74) is 3.72. The molecule has 0 saturated carbocycles. The summed E-state index contributed by atoms with van der Waals surface area (Å²) in [5, 5.41) is 17.6. The highest BCUT2D eigenvalue weighted by atomic mass is 35.5. The maximum atomic E-state index is 12.8. The molecule has 1 aliphatic rings. The fraction of sp³-hybridized carbons (Fsp3) is 0.182. The van der Waals surface area contributed by atoms with Crippen molar-refractivity contribution in [3.63, 3.8) is 0 Å². The molecule has 1 fully saturated rings. The van der Waals surface area contributed by atoms with Gasteiger partial charge in [-0.25, -0.2) is 18.4 Å². The molecule has 3 heterocycles. The first kappa shape index (κ1) is 22.4. The number of halogens is 1. The van der Waals surface area contributed by atoms with Crippen LogP contribution in [0.25, 0.3) is 23.2 Å². The van der Waals surface area contributed by atoms with E-state index >= 15 is 0 Å². The fourth-order valence-electron chi connectivity index (χ4n) is 3.62. The number of fused-ring (bicyclic) bond motifs is 1. The number of benzene rings is 2. The number of piperazine rings is 1. The molecule has 0 atom stereocenters. The SMILES string of the molecule is O=S(=O)(c1ccc(Nc2ncc(/C=C/c3cc(Cl)cc4n[nH]nc34)cn2)cc1)N1CCNCC1. The van der Waals surface area contributed by atoms with Crippen molar-refractivity contribution < 1.29 is 8.42 Å². The normalized spacial score (nSPS) is 15.2. The van der Waals surface area contributed by atoms with Gasteiger partial charge in [-0.2, -0.15) is 19.7 Å². The van der Waals surface area contributed by atoms with Gasteiger partial charge in [0.2, 0.25) is 16.0 Å². The molecule has 2 aromatic carbocycles. The van der Waals surface area contributed by atoms with Gasteiger partial charge in [-0.1, -0.05) is 23.8 Å². The van der Waals surface area contributed by atoms with Crippen LogP contribution in [0.4, 0.5) is 11.6 Å². The number of sulfonamides is 1. The molecule has 0 amide bonds. The van der Waals surface area contributed by atoms with E-state index in [1.807, 2.05) is 18.2 Å². The lowest BCUT2D eigenvalue weighted by molar-refractivity contribution is 0.360. The van der Waals surface area contributed by atoms with Gasteiger partial charge >= 0.3 is 0 Å². The van der Waals surface area contributed by atoms with Crippen LogP contribution in [0.1, 0.15) is 11.1 Å². The number of hydrogen-bond acceptors (Lipinski definition) is 8. The Balaban J connectivity index is 1.26. The Morgan fingerprint density at radius 3 is 2.47 bits per heavy atom. The summed E-state index contributed by atoms with van der Waals surface area (Å²) in [6.45, 7) is 2.26. The van der Waals surface area contributed by atoms with E-state index in [4.69, 9.17) is 11.6 Å². The molecule has 3 N–H and O–H groups in total. The zero-order valence-corrected chi connectivity index (χ0v) is 19.5. The van der Waals surface area contributed by atoms with Gasteiger partial charge in [0, 0.05) is 60.4 Å². The van der Waals surface area contributed by atoms with Crippen LogP contribution in [0.3, 0.4) is 0 Å². The van der Waals surface area contributed by atoms with Gasteiger partial charge in [-0.3, -0.25) is 0 Å². The molecule has 12 heteroatoms. The predicted octanol–water partition coefficient (Wildman–Crippen LogP) is 2.91. The summed E-state index contributed by atoms with van der Waals surface area (Å²) in [6.07, 6.45) is 7.10. The number of aromatic nitrogens is 5. The lowest BCUT2D eigenvalue weighted by Crippen LogP contribution is -2.46. The second-order valence-electron chi connectivity index (χ2n) is 7.66. The maximum Gasteiger partial charge on any atom is 0.243 e. The number of rotatable bonds is 6. The Morgan fingerprint density at radius 2 is 1.74 bits per heavy atom. The van der Waals surface area contributed by atoms with E-state index in [0.717, 1.165) is 16.6 Å². The summed E-state index contributed by atoms with van der Waals surface area (Å²) in [6, 6.07) is 10.1. The van der Waals surface area contributed by atoms with Crippen LogP contribution in [-0.4, -0.2) is 64.3 Å². The van der Waals surface area contributed by atoms with Gasteiger partial charge < -0.3 is 10.6 Å². The molecule has 10 nitrogen and oxygen atoms in total. The van der Waals surface area contributed by atoms with Crippen molar-refractivity contribution in [3.05, 3.63) is 64.9 Å². The van der Waals surface area contributed by atoms with Crippen LogP contribution < -0.4 is 10.6 Å². The number of nitrogens with one attached hydrogen (secondary N) is 3. The Labute approximate surface area is 201 Å². The average molecular weight is 497 g/mol. The Hall–Kier alpha value is -3.38. The van der Waals surface area contributed by atoms with Crippen LogP contribution in [-0.2, 0) is 10.0 Å². The van der Waals surface area contributed by atoms with Gasteiger partial charge in [-0.15, -0.1) is 0 Å². The van der Waals surface area contributed by atoms with E-state index in [2.05, 4.69) is 36.0 Å². The van der Waals surface area contributed by atoms with Crippen molar-refractivity contribution in [2.75, 3.05) is 31.5 Å². The Bertz CT molecular complexity index is 1430. The molecule has 0 bridgehead atoms. The highest BCUT2D eigenvalue weighted by molar-refractivity contribution is 7.89. The molecular weight excluding hydrogens is 476 g/mol. The number of hydrogen-bond donors (Lipinski definition) is 3. The molecule has 0 unspecified atom stereocenters. The minimum atomic E-state index is -3.49. The molecule has 4 aromatic rings. The first-order chi connectivity index (χ1) is 16.5. The smallest absolute Gasteiger partial charge is 0.243 e. The molecule has 1 aliphatic heterocycles. The molecule has 2 aromatic heterocycles.